The van der Waals surface area contributed by atoms with Crippen LogP contribution in [0.3, 0.4) is 0 Å². The first-order valence-corrected chi connectivity index (χ1v) is 7.04. The summed E-state index contributed by atoms with van der Waals surface area (Å²) in [4.78, 5) is 26.2. The Morgan fingerprint density at radius 3 is 2.00 bits per heavy atom. The maximum atomic E-state index is 12.6. The largest absolute Gasteiger partial charge is 0.506 e. The molecule has 2 aliphatic carbocycles. The number of anilines is 1. The number of nitrogens with zero attached hydrogens (tertiary/aromatic N) is 1. The molecule has 110 valence electrons. The number of aliphatic hydroxyl groups excluding tert-OH is 2. The average Bonchev–Trinajstić information content (AvgIpc) is 3.06. The maximum Gasteiger partial charge on any atom is 0.238 e. The molecule has 6 atom stereocenters. The van der Waals surface area contributed by atoms with Crippen molar-refractivity contribution in [2.75, 3.05) is 4.90 Å². The van der Waals surface area contributed by atoms with Crippen LogP contribution >= 0.6 is 0 Å². The molecule has 1 aromatic carbocycles. The number of aromatic hydroxyl groups is 1. The van der Waals surface area contributed by atoms with E-state index in [0.717, 1.165) is 4.90 Å². The number of rotatable bonds is 1. The van der Waals surface area contributed by atoms with Gasteiger partial charge in [-0.05, 0) is 18.6 Å². The number of carbonyl (C=O) groups excluding carboxylic acids is 2. The number of amides is 2. The zero-order valence-corrected chi connectivity index (χ0v) is 11.1. The monoisotopic (exact) mass is 289 g/mol. The van der Waals surface area contributed by atoms with Gasteiger partial charge in [0, 0.05) is 11.8 Å². The van der Waals surface area contributed by atoms with Gasteiger partial charge in [0.05, 0.1) is 29.7 Å². The predicted molar refractivity (Wildman–Crippen MR) is 71.2 cm³/mol. The number of hydrogen-bond acceptors (Lipinski definition) is 5. The number of aliphatic hydroxyl groups is 2. The van der Waals surface area contributed by atoms with Crippen LogP contribution in [0.5, 0.6) is 5.75 Å². The Morgan fingerprint density at radius 1 is 0.952 bits per heavy atom. The summed E-state index contributed by atoms with van der Waals surface area (Å²) in [5.74, 6) is -2.81. The van der Waals surface area contributed by atoms with Crippen molar-refractivity contribution in [3.63, 3.8) is 0 Å². The first kappa shape index (κ1) is 12.8. The summed E-state index contributed by atoms with van der Waals surface area (Å²) < 4.78 is 0. The fraction of sp³-hybridized carbons (Fsp3) is 0.467. The molecule has 1 aliphatic heterocycles. The molecular formula is C15H15NO5. The molecule has 2 amide bonds. The van der Waals surface area contributed by atoms with E-state index >= 15 is 0 Å². The lowest BCUT2D eigenvalue weighted by Gasteiger charge is -2.29. The van der Waals surface area contributed by atoms with Gasteiger partial charge in [0.25, 0.3) is 0 Å². The van der Waals surface area contributed by atoms with E-state index < -0.39 is 24.0 Å². The molecule has 6 heteroatoms. The van der Waals surface area contributed by atoms with Crippen LogP contribution in [0.15, 0.2) is 24.3 Å². The highest BCUT2D eigenvalue weighted by Crippen LogP contribution is 2.57. The molecule has 21 heavy (non-hydrogen) atoms. The number of para-hydroxylation sites is 2. The second-order valence-corrected chi connectivity index (χ2v) is 6.10. The Morgan fingerprint density at radius 2 is 1.48 bits per heavy atom. The van der Waals surface area contributed by atoms with Crippen LogP contribution in [0.1, 0.15) is 6.42 Å². The van der Waals surface area contributed by atoms with Gasteiger partial charge in [-0.15, -0.1) is 0 Å². The van der Waals surface area contributed by atoms with Gasteiger partial charge < -0.3 is 15.3 Å². The smallest absolute Gasteiger partial charge is 0.238 e. The molecular weight excluding hydrogens is 274 g/mol. The number of fused-ring (bicyclic) bond motifs is 5. The summed E-state index contributed by atoms with van der Waals surface area (Å²) in [5, 5.41) is 29.8. The first-order valence-electron chi connectivity index (χ1n) is 7.04. The molecule has 3 fully saturated rings. The zero-order valence-electron chi connectivity index (χ0n) is 11.1. The fourth-order valence-corrected chi connectivity index (χ4v) is 4.32. The van der Waals surface area contributed by atoms with E-state index in [2.05, 4.69) is 0 Å². The number of benzene rings is 1. The number of imide groups is 1. The highest BCUT2D eigenvalue weighted by molar-refractivity contribution is 6.23. The van der Waals surface area contributed by atoms with Crippen molar-refractivity contribution in [1.29, 1.82) is 0 Å². The predicted octanol–water partition coefficient (Wildman–Crippen LogP) is -0.131. The van der Waals surface area contributed by atoms with Gasteiger partial charge in [-0.2, -0.15) is 0 Å². The number of phenolic OH excluding ortho intramolecular Hbond substituents is 1. The van der Waals surface area contributed by atoms with Gasteiger partial charge >= 0.3 is 0 Å². The van der Waals surface area contributed by atoms with Crippen molar-refractivity contribution in [3.8, 4) is 5.75 Å². The van der Waals surface area contributed by atoms with Crippen molar-refractivity contribution >= 4 is 17.5 Å². The Labute approximate surface area is 120 Å². The molecule has 3 aliphatic rings. The zero-order chi connectivity index (χ0) is 14.9. The Hall–Kier alpha value is -1.92. The molecule has 2 saturated carbocycles. The van der Waals surface area contributed by atoms with Crippen molar-refractivity contribution in [2.45, 2.75) is 18.6 Å². The van der Waals surface area contributed by atoms with E-state index in [1.807, 2.05) is 0 Å². The third kappa shape index (κ3) is 1.43. The Bertz CT molecular complexity index is 613. The normalized spacial score (nSPS) is 41.0. The summed E-state index contributed by atoms with van der Waals surface area (Å²) in [6.07, 6.45) is -1.39. The van der Waals surface area contributed by atoms with Crippen LogP contribution in [0.4, 0.5) is 5.69 Å². The van der Waals surface area contributed by atoms with Gasteiger partial charge in [0.1, 0.15) is 5.75 Å². The van der Waals surface area contributed by atoms with Crippen molar-refractivity contribution in [3.05, 3.63) is 24.3 Å². The van der Waals surface area contributed by atoms with Gasteiger partial charge in [-0.25, -0.2) is 4.90 Å². The third-order valence-electron chi connectivity index (χ3n) is 5.21. The van der Waals surface area contributed by atoms with E-state index in [0.29, 0.717) is 6.42 Å². The highest BCUT2D eigenvalue weighted by atomic mass is 16.3. The summed E-state index contributed by atoms with van der Waals surface area (Å²) in [5.41, 5.74) is 0.172. The van der Waals surface area contributed by atoms with Gasteiger partial charge in [0.15, 0.2) is 0 Å². The lowest BCUT2D eigenvalue weighted by molar-refractivity contribution is -0.129. The fourth-order valence-electron chi connectivity index (χ4n) is 4.32. The van der Waals surface area contributed by atoms with Crippen LogP contribution in [0, 0.1) is 23.7 Å². The minimum atomic E-state index is -0.947. The van der Waals surface area contributed by atoms with E-state index in [9.17, 15) is 24.9 Å². The summed E-state index contributed by atoms with van der Waals surface area (Å²) in [6, 6.07) is 6.19. The molecule has 0 unspecified atom stereocenters. The van der Waals surface area contributed by atoms with Crippen LogP contribution < -0.4 is 4.90 Å². The van der Waals surface area contributed by atoms with Gasteiger partial charge in [-0.1, -0.05) is 12.1 Å². The van der Waals surface area contributed by atoms with E-state index in [1.54, 1.807) is 12.1 Å². The summed E-state index contributed by atoms with van der Waals surface area (Å²) in [6.45, 7) is 0. The number of hydrogen-bond donors (Lipinski definition) is 3. The lowest BCUT2D eigenvalue weighted by Crippen LogP contribution is -2.43. The minimum Gasteiger partial charge on any atom is -0.506 e. The summed E-state index contributed by atoms with van der Waals surface area (Å²) in [7, 11) is 0. The third-order valence-corrected chi connectivity index (χ3v) is 5.21. The first-order chi connectivity index (χ1) is 10.0. The van der Waals surface area contributed by atoms with E-state index in [4.69, 9.17) is 0 Å². The van der Waals surface area contributed by atoms with E-state index in [1.165, 1.54) is 12.1 Å². The average molecular weight is 289 g/mol. The van der Waals surface area contributed by atoms with Crippen LogP contribution in [0.25, 0.3) is 0 Å². The highest BCUT2D eigenvalue weighted by Gasteiger charge is 2.67. The maximum absolute atomic E-state index is 12.6. The quantitative estimate of drug-likeness (QED) is 0.626. The van der Waals surface area contributed by atoms with Crippen molar-refractivity contribution < 1.29 is 24.9 Å². The van der Waals surface area contributed by atoms with Gasteiger partial charge in [-0.3, -0.25) is 9.59 Å². The van der Waals surface area contributed by atoms with Crippen LogP contribution in [-0.4, -0.2) is 39.3 Å². The number of phenols is 1. The molecule has 1 heterocycles. The summed E-state index contributed by atoms with van der Waals surface area (Å²) >= 11 is 0. The van der Waals surface area contributed by atoms with Crippen LogP contribution in [-0.2, 0) is 9.59 Å². The molecule has 6 nitrogen and oxygen atoms in total. The molecule has 0 spiro atoms. The molecule has 1 saturated heterocycles. The second-order valence-electron chi connectivity index (χ2n) is 6.10. The number of carbonyl (C=O) groups is 2. The topological polar surface area (TPSA) is 98.1 Å². The molecule has 1 aromatic rings. The Kier molecular flexibility index (Phi) is 2.47. The van der Waals surface area contributed by atoms with E-state index in [-0.39, 0.29) is 35.1 Å². The minimum absolute atomic E-state index is 0.132. The molecule has 0 radical (unpaired) electrons. The van der Waals surface area contributed by atoms with Crippen molar-refractivity contribution in [1.82, 2.24) is 0 Å². The standard InChI is InChI=1S/C15H15NO5/c17-9-4-2-1-3-8(9)16-14(20)10-6-5-7(11(10)15(16)21)13(19)12(6)18/h1-4,6-7,10-13,17-19H,5H2/t6-,7-,10-,11+,12+,13+/m1/s1. The SMILES string of the molecule is O=C1[C@@H]2[C@H]3C[C@@H]([C@H](O)[C@H]3O)[C@@H]2C(=O)N1c1ccccc1O. The molecule has 4 rings (SSSR count). The molecule has 2 bridgehead atoms. The van der Waals surface area contributed by atoms with Gasteiger partial charge in [0.2, 0.25) is 11.8 Å². The van der Waals surface area contributed by atoms with Crippen LogP contribution in [0.2, 0.25) is 0 Å². The Balaban J connectivity index is 1.77. The second kappa shape index (κ2) is 4.05. The van der Waals surface area contributed by atoms with Crippen molar-refractivity contribution in [2.24, 2.45) is 23.7 Å². The molecule has 3 N–H and O–H groups in total. The molecule has 0 aromatic heterocycles. The lowest BCUT2D eigenvalue weighted by atomic mass is 9.78.